The van der Waals surface area contributed by atoms with Crippen molar-refractivity contribution in [3.8, 4) is 17.1 Å². The number of aromatic nitrogens is 5. The van der Waals surface area contributed by atoms with Gasteiger partial charge < -0.3 is 4.57 Å². The zero-order valence-electron chi connectivity index (χ0n) is 16.1. The first kappa shape index (κ1) is 18.2. The summed E-state index contributed by atoms with van der Waals surface area (Å²) in [5, 5.41) is 8.30. The maximum atomic E-state index is 14.3. The first-order valence-electron chi connectivity index (χ1n) is 9.47. The Morgan fingerprint density at radius 3 is 2.63 bits per heavy atom. The summed E-state index contributed by atoms with van der Waals surface area (Å²) >= 11 is 0. The van der Waals surface area contributed by atoms with Gasteiger partial charge in [0.2, 0.25) is 0 Å². The molecule has 3 aromatic carbocycles. The van der Waals surface area contributed by atoms with Crippen molar-refractivity contribution in [1.82, 2.24) is 24.5 Å². The summed E-state index contributed by atoms with van der Waals surface area (Å²) in [5.74, 6) is -0.0568. The van der Waals surface area contributed by atoms with Gasteiger partial charge in [-0.05, 0) is 48.9 Å². The number of hydrogen-bond donors (Lipinski definition) is 0. The SMILES string of the molecule is Cc1ccc(-n2cc(Cn3c(-c4cccc(F)c4)nc4ccccc43)nn2)c(F)c1. The van der Waals surface area contributed by atoms with Crippen LogP contribution in [0.2, 0.25) is 0 Å². The standard InChI is InChI=1S/C23H17F2N5/c1-15-9-10-21(19(25)11-15)30-14-18(27-28-30)13-29-22-8-3-2-7-20(22)26-23(29)16-5-4-6-17(24)12-16/h2-12,14H,13H2,1H3. The van der Waals surface area contributed by atoms with Crippen LogP contribution in [0.15, 0.2) is 72.9 Å². The molecule has 2 aromatic heterocycles. The summed E-state index contributed by atoms with van der Waals surface area (Å²) in [7, 11) is 0. The lowest BCUT2D eigenvalue weighted by Crippen LogP contribution is -2.03. The molecule has 0 aliphatic carbocycles. The van der Waals surface area contributed by atoms with Gasteiger partial charge in [0, 0.05) is 5.56 Å². The number of rotatable bonds is 4. The van der Waals surface area contributed by atoms with Crippen molar-refractivity contribution in [2.75, 3.05) is 0 Å². The molecule has 30 heavy (non-hydrogen) atoms. The molecular weight excluding hydrogens is 384 g/mol. The maximum absolute atomic E-state index is 14.3. The van der Waals surface area contributed by atoms with E-state index < -0.39 is 0 Å². The summed E-state index contributed by atoms with van der Waals surface area (Å²) < 4.78 is 31.5. The van der Waals surface area contributed by atoms with Crippen LogP contribution in [0, 0.1) is 18.6 Å². The van der Waals surface area contributed by atoms with Crippen LogP contribution in [-0.2, 0) is 6.54 Å². The van der Waals surface area contributed by atoms with Crippen LogP contribution < -0.4 is 0 Å². The number of para-hydroxylation sites is 2. The molecule has 0 aliphatic heterocycles. The van der Waals surface area contributed by atoms with E-state index in [1.165, 1.54) is 22.9 Å². The molecule has 0 radical (unpaired) electrons. The molecule has 0 saturated carbocycles. The van der Waals surface area contributed by atoms with E-state index in [9.17, 15) is 8.78 Å². The third kappa shape index (κ3) is 3.24. The zero-order valence-corrected chi connectivity index (χ0v) is 16.1. The van der Waals surface area contributed by atoms with Crippen molar-refractivity contribution in [3.05, 3.63) is 95.8 Å². The summed E-state index contributed by atoms with van der Waals surface area (Å²) in [6, 6.07) is 19.0. The highest BCUT2D eigenvalue weighted by Crippen LogP contribution is 2.26. The Morgan fingerprint density at radius 1 is 0.933 bits per heavy atom. The van der Waals surface area contributed by atoms with E-state index in [0.29, 0.717) is 29.3 Å². The van der Waals surface area contributed by atoms with Crippen LogP contribution >= 0.6 is 0 Å². The Bertz CT molecular complexity index is 1370. The van der Waals surface area contributed by atoms with E-state index in [4.69, 9.17) is 4.98 Å². The number of aryl methyl sites for hydroxylation is 1. The molecule has 0 unspecified atom stereocenters. The first-order valence-corrected chi connectivity index (χ1v) is 9.47. The molecule has 0 fully saturated rings. The van der Waals surface area contributed by atoms with Crippen molar-refractivity contribution < 1.29 is 8.78 Å². The van der Waals surface area contributed by atoms with Crippen LogP contribution in [0.5, 0.6) is 0 Å². The summed E-state index contributed by atoms with van der Waals surface area (Å²) in [6.45, 7) is 2.19. The highest BCUT2D eigenvalue weighted by molar-refractivity contribution is 5.80. The van der Waals surface area contributed by atoms with Crippen LogP contribution in [-0.4, -0.2) is 24.5 Å². The Hall–Kier alpha value is -3.87. The van der Waals surface area contributed by atoms with Crippen molar-refractivity contribution in [1.29, 1.82) is 0 Å². The minimum absolute atomic E-state index is 0.327. The van der Waals surface area contributed by atoms with Crippen LogP contribution in [0.1, 0.15) is 11.3 Å². The molecule has 0 N–H and O–H groups in total. The second kappa shape index (κ2) is 7.18. The molecule has 5 rings (SSSR count). The van der Waals surface area contributed by atoms with Gasteiger partial charge in [0.15, 0.2) is 0 Å². The van der Waals surface area contributed by atoms with Gasteiger partial charge in [0.25, 0.3) is 0 Å². The van der Waals surface area contributed by atoms with E-state index >= 15 is 0 Å². The monoisotopic (exact) mass is 401 g/mol. The van der Waals surface area contributed by atoms with Gasteiger partial charge in [-0.15, -0.1) is 5.10 Å². The number of fused-ring (bicyclic) bond motifs is 1. The van der Waals surface area contributed by atoms with E-state index in [1.807, 2.05) is 47.9 Å². The van der Waals surface area contributed by atoms with E-state index in [0.717, 1.165) is 16.6 Å². The van der Waals surface area contributed by atoms with Crippen LogP contribution in [0.3, 0.4) is 0 Å². The zero-order chi connectivity index (χ0) is 20.7. The molecule has 5 aromatic rings. The second-order valence-electron chi connectivity index (χ2n) is 7.13. The Morgan fingerprint density at radius 2 is 1.80 bits per heavy atom. The molecule has 0 amide bonds. The quantitative estimate of drug-likeness (QED) is 0.430. The highest BCUT2D eigenvalue weighted by atomic mass is 19.1. The molecule has 148 valence electrons. The van der Waals surface area contributed by atoms with Crippen molar-refractivity contribution in [3.63, 3.8) is 0 Å². The minimum atomic E-state index is -0.361. The van der Waals surface area contributed by atoms with Gasteiger partial charge in [-0.25, -0.2) is 18.4 Å². The smallest absolute Gasteiger partial charge is 0.149 e. The van der Waals surface area contributed by atoms with Gasteiger partial charge in [0.1, 0.15) is 28.8 Å². The predicted molar refractivity (Wildman–Crippen MR) is 110 cm³/mol. The normalized spacial score (nSPS) is 11.3. The van der Waals surface area contributed by atoms with E-state index in [1.54, 1.807) is 18.3 Å². The number of halogens is 2. The number of benzene rings is 3. The third-order valence-corrected chi connectivity index (χ3v) is 4.95. The number of nitrogens with zero attached hydrogens (tertiary/aromatic N) is 5. The molecule has 2 heterocycles. The largest absolute Gasteiger partial charge is 0.318 e. The molecule has 0 saturated heterocycles. The summed E-state index contributed by atoms with van der Waals surface area (Å²) in [6.07, 6.45) is 1.69. The Labute approximate surface area is 171 Å². The fraction of sp³-hybridized carbons (Fsp3) is 0.0870. The molecule has 7 heteroatoms. The minimum Gasteiger partial charge on any atom is -0.318 e. The second-order valence-corrected chi connectivity index (χ2v) is 7.13. The van der Waals surface area contributed by atoms with Crippen LogP contribution in [0.25, 0.3) is 28.1 Å². The average molecular weight is 401 g/mol. The fourth-order valence-corrected chi connectivity index (χ4v) is 3.53. The van der Waals surface area contributed by atoms with Gasteiger partial charge in [-0.2, -0.15) is 0 Å². The topological polar surface area (TPSA) is 48.5 Å². The summed E-state index contributed by atoms with van der Waals surface area (Å²) in [4.78, 5) is 4.69. The van der Waals surface area contributed by atoms with Crippen molar-refractivity contribution >= 4 is 11.0 Å². The lowest BCUT2D eigenvalue weighted by molar-refractivity contribution is 0.606. The van der Waals surface area contributed by atoms with Gasteiger partial charge in [-0.1, -0.05) is 35.5 Å². The lowest BCUT2D eigenvalue weighted by Gasteiger charge is -2.08. The molecule has 5 nitrogen and oxygen atoms in total. The van der Waals surface area contributed by atoms with Gasteiger partial charge in [0.05, 0.1) is 23.8 Å². The third-order valence-electron chi connectivity index (χ3n) is 4.95. The van der Waals surface area contributed by atoms with Gasteiger partial charge >= 0.3 is 0 Å². The Balaban J connectivity index is 1.57. The molecule has 0 aliphatic rings. The Kier molecular flexibility index (Phi) is 4.35. The van der Waals surface area contributed by atoms with Gasteiger partial charge in [-0.3, -0.25) is 0 Å². The molecular formula is C23H17F2N5. The number of hydrogen-bond acceptors (Lipinski definition) is 3. The molecule has 0 atom stereocenters. The van der Waals surface area contributed by atoms with Crippen molar-refractivity contribution in [2.24, 2.45) is 0 Å². The van der Waals surface area contributed by atoms with Crippen LogP contribution in [0.4, 0.5) is 8.78 Å². The summed E-state index contributed by atoms with van der Waals surface area (Å²) in [5.41, 5.74) is 4.17. The fourth-order valence-electron chi connectivity index (χ4n) is 3.53. The molecule has 0 bridgehead atoms. The highest BCUT2D eigenvalue weighted by Gasteiger charge is 2.15. The number of imidazole rings is 1. The predicted octanol–water partition coefficient (Wildman–Crippen LogP) is 4.92. The first-order chi connectivity index (χ1) is 14.6. The average Bonchev–Trinajstić information content (AvgIpc) is 3.34. The van der Waals surface area contributed by atoms with Crippen molar-refractivity contribution in [2.45, 2.75) is 13.5 Å². The molecule has 0 spiro atoms. The lowest BCUT2D eigenvalue weighted by atomic mass is 10.2. The maximum Gasteiger partial charge on any atom is 0.149 e. The van der Waals surface area contributed by atoms with E-state index in [2.05, 4.69) is 10.3 Å². The van der Waals surface area contributed by atoms with E-state index in [-0.39, 0.29) is 11.6 Å².